The molecule has 2 atom stereocenters. The lowest BCUT2D eigenvalue weighted by atomic mass is 10.0. The summed E-state index contributed by atoms with van der Waals surface area (Å²) in [6.07, 6.45) is -0.00577. The van der Waals surface area contributed by atoms with E-state index in [4.69, 9.17) is 22.2 Å². The predicted molar refractivity (Wildman–Crippen MR) is 62.7 cm³/mol. The highest BCUT2D eigenvalue weighted by atomic mass is 35.5. The molecule has 0 aliphatic rings. The van der Waals surface area contributed by atoms with Gasteiger partial charge >= 0.3 is 0 Å². The Morgan fingerprint density at radius 1 is 1.47 bits per heavy atom. The van der Waals surface area contributed by atoms with Crippen molar-refractivity contribution < 1.29 is 4.74 Å². The zero-order valence-corrected chi connectivity index (χ0v) is 10.0. The number of nitrogens with one attached hydrogen (secondary N) is 1. The lowest BCUT2D eigenvalue weighted by molar-refractivity contribution is 0.0831. The fourth-order valence-corrected chi connectivity index (χ4v) is 1.63. The van der Waals surface area contributed by atoms with E-state index in [1.165, 1.54) is 0 Å². The van der Waals surface area contributed by atoms with Gasteiger partial charge in [-0.05, 0) is 31.0 Å². The molecule has 1 aromatic rings. The van der Waals surface area contributed by atoms with Crippen LogP contribution < -0.4 is 11.3 Å². The van der Waals surface area contributed by atoms with Crippen molar-refractivity contribution in [1.82, 2.24) is 5.43 Å². The van der Waals surface area contributed by atoms with Crippen LogP contribution in [0.4, 0.5) is 0 Å². The Kier molecular flexibility index (Phi) is 4.54. The van der Waals surface area contributed by atoms with E-state index in [1.54, 1.807) is 7.11 Å². The Labute approximate surface area is 95.5 Å². The molecule has 1 rings (SSSR count). The maximum absolute atomic E-state index is 6.05. The van der Waals surface area contributed by atoms with Gasteiger partial charge in [-0.2, -0.15) is 0 Å². The molecule has 0 radical (unpaired) electrons. The molecule has 0 spiro atoms. The number of rotatable bonds is 4. The molecule has 0 amide bonds. The zero-order valence-electron chi connectivity index (χ0n) is 9.25. The van der Waals surface area contributed by atoms with Crippen LogP contribution in [0.1, 0.15) is 24.1 Å². The average Bonchev–Trinajstić information content (AvgIpc) is 2.24. The van der Waals surface area contributed by atoms with Crippen molar-refractivity contribution in [3.05, 3.63) is 34.3 Å². The summed E-state index contributed by atoms with van der Waals surface area (Å²) in [5.41, 5.74) is 4.82. The maximum atomic E-state index is 6.05. The highest BCUT2D eigenvalue weighted by molar-refractivity contribution is 6.31. The Balaban J connectivity index is 2.97. The van der Waals surface area contributed by atoms with Gasteiger partial charge in [0.1, 0.15) is 0 Å². The molecule has 2 unspecified atom stereocenters. The van der Waals surface area contributed by atoms with Gasteiger partial charge in [0.25, 0.3) is 0 Å². The number of ether oxygens (including phenoxy) is 1. The summed E-state index contributed by atoms with van der Waals surface area (Å²) < 4.78 is 5.24. The molecule has 84 valence electrons. The number of hydrazine groups is 1. The lowest BCUT2D eigenvalue weighted by Crippen LogP contribution is -2.36. The molecule has 4 heteroatoms. The van der Waals surface area contributed by atoms with Crippen LogP contribution in [0.2, 0.25) is 5.02 Å². The zero-order chi connectivity index (χ0) is 11.4. The van der Waals surface area contributed by atoms with Gasteiger partial charge in [0.2, 0.25) is 0 Å². The van der Waals surface area contributed by atoms with Crippen molar-refractivity contribution in [2.75, 3.05) is 7.11 Å². The van der Waals surface area contributed by atoms with E-state index in [9.17, 15) is 0 Å². The number of methoxy groups -OCH3 is 1. The highest BCUT2D eigenvalue weighted by Crippen LogP contribution is 2.23. The van der Waals surface area contributed by atoms with Crippen molar-refractivity contribution in [1.29, 1.82) is 0 Å². The summed E-state index contributed by atoms with van der Waals surface area (Å²) >= 11 is 6.05. The fraction of sp³-hybridized carbons (Fsp3) is 0.455. The molecule has 0 fully saturated rings. The number of hydrogen-bond acceptors (Lipinski definition) is 3. The maximum Gasteiger partial charge on any atom is 0.0750 e. The second kappa shape index (κ2) is 5.47. The molecule has 15 heavy (non-hydrogen) atoms. The van der Waals surface area contributed by atoms with Gasteiger partial charge in [0, 0.05) is 12.1 Å². The molecule has 0 saturated carbocycles. The number of benzene rings is 1. The van der Waals surface area contributed by atoms with Gasteiger partial charge in [-0.3, -0.25) is 11.3 Å². The summed E-state index contributed by atoms with van der Waals surface area (Å²) in [6.45, 7) is 3.93. The van der Waals surface area contributed by atoms with Gasteiger partial charge in [0.05, 0.1) is 12.1 Å². The smallest absolute Gasteiger partial charge is 0.0750 e. The van der Waals surface area contributed by atoms with Crippen LogP contribution in [0.25, 0.3) is 0 Å². The topological polar surface area (TPSA) is 47.3 Å². The van der Waals surface area contributed by atoms with Crippen LogP contribution in [0.3, 0.4) is 0 Å². The molecule has 1 aromatic carbocycles. The minimum Gasteiger partial charge on any atom is -0.380 e. The molecule has 3 N–H and O–H groups in total. The highest BCUT2D eigenvalue weighted by Gasteiger charge is 2.17. The van der Waals surface area contributed by atoms with Gasteiger partial charge in [-0.15, -0.1) is 0 Å². The van der Waals surface area contributed by atoms with Gasteiger partial charge in [0.15, 0.2) is 0 Å². The second-order valence-electron chi connectivity index (χ2n) is 3.59. The summed E-state index contributed by atoms with van der Waals surface area (Å²) in [6, 6.07) is 5.84. The molecular formula is C11H17ClN2O. The lowest BCUT2D eigenvalue weighted by Gasteiger charge is -2.22. The van der Waals surface area contributed by atoms with Crippen molar-refractivity contribution in [3.8, 4) is 0 Å². The third-order valence-corrected chi connectivity index (χ3v) is 2.98. The molecule has 0 bridgehead atoms. The Bertz CT molecular complexity index is 330. The van der Waals surface area contributed by atoms with Crippen molar-refractivity contribution in [3.63, 3.8) is 0 Å². The minimum absolute atomic E-state index is 0.00577. The Morgan fingerprint density at radius 2 is 2.13 bits per heavy atom. The van der Waals surface area contributed by atoms with Crippen LogP contribution in [0.5, 0.6) is 0 Å². The van der Waals surface area contributed by atoms with Crippen molar-refractivity contribution in [2.45, 2.75) is 26.0 Å². The molecule has 0 aromatic heterocycles. The van der Waals surface area contributed by atoms with Crippen molar-refractivity contribution >= 4 is 11.6 Å². The van der Waals surface area contributed by atoms with E-state index in [-0.39, 0.29) is 12.1 Å². The summed E-state index contributed by atoms with van der Waals surface area (Å²) in [4.78, 5) is 0. The van der Waals surface area contributed by atoms with E-state index < -0.39 is 0 Å². The fourth-order valence-electron chi connectivity index (χ4n) is 1.44. The van der Waals surface area contributed by atoms with E-state index >= 15 is 0 Å². The van der Waals surface area contributed by atoms with Gasteiger partial charge in [-0.1, -0.05) is 23.7 Å². The third-order valence-electron chi connectivity index (χ3n) is 2.58. The van der Waals surface area contributed by atoms with E-state index in [2.05, 4.69) is 5.43 Å². The van der Waals surface area contributed by atoms with E-state index in [0.717, 1.165) is 16.1 Å². The normalized spacial score (nSPS) is 15.0. The molecule has 0 saturated heterocycles. The first-order chi connectivity index (χ1) is 7.10. The third kappa shape index (κ3) is 2.92. The molecule has 0 aliphatic heterocycles. The van der Waals surface area contributed by atoms with E-state index in [1.807, 2.05) is 32.0 Å². The standard InChI is InChI=1S/C11H17ClN2O/c1-7-4-5-9(6-10(7)12)11(14-13)8(2)15-3/h4-6,8,11,14H,13H2,1-3H3. The van der Waals surface area contributed by atoms with Crippen LogP contribution in [-0.2, 0) is 4.74 Å². The second-order valence-corrected chi connectivity index (χ2v) is 4.00. The molecule has 0 heterocycles. The Hall–Kier alpha value is -0.610. The van der Waals surface area contributed by atoms with E-state index in [0.29, 0.717) is 0 Å². The van der Waals surface area contributed by atoms with Crippen molar-refractivity contribution in [2.24, 2.45) is 5.84 Å². The monoisotopic (exact) mass is 228 g/mol. The molecule has 0 aliphatic carbocycles. The Morgan fingerprint density at radius 3 is 2.60 bits per heavy atom. The minimum atomic E-state index is -0.0481. The number of aryl methyl sites for hydroxylation is 1. The average molecular weight is 229 g/mol. The summed E-state index contributed by atoms with van der Waals surface area (Å²) in [5.74, 6) is 5.50. The first-order valence-electron chi connectivity index (χ1n) is 4.85. The van der Waals surface area contributed by atoms with Gasteiger partial charge < -0.3 is 4.74 Å². The predicted octanol–water partition coefficient (Wildman–Crippen LogP) is 2.19. The molecule has 3 nitrogen and oxygen atoms in total. The van der Waals surface area contributed by atoms with Crippen LogP contribution in [0, 0.1) is 6.92 Å². The number of halogens is 1. The molecular weight excluding hydrogens is 212 g/mol. The summed E-state index contributed by atoms with van der Waals surface area (Å²) in [5, 5.41) is 0.746. The first-order valence-corrected chi connectivity index (χ1v) is 5.23. The number of nitrogens with two attached hydrogens (primary N) is 1. The quantitative estimate of drug-likeness (QED) is 0.614. The number of hydrogen-bond donors (Lipinski definition) is 2. The van der Waals surface area contributed by atoms with Crippen LogP contribution in [-0.4, -0.2) is 13.2 Å². The van der Waals surface area contributed by atoms with Gasteiger partial charge in [-0.25, -0.2) is 0 Å². The van der Waals surface area contributed by atoms with Crippen LogP contribution >= 0.6 is 11.6 Å². The summed E-state index contributed by atoms with van der Waals surface area (Å²) in [7, 11) is 1.66. The first kappa shape index (κ1) is 12.5. The van der Waals surface area contributed by atoms with Crippen LogP contribution in [0.15, 0.2) is 18.2 Å². The largest absolute Gasteiger partial charge is 0.380 e. The SMILES string of the molecule is COC(C)C(NN)c1ccc(C)c(Cl)c1.